The molecule has 1 aromatic rings. The number of aromatic nitrogens is 1. The zero-order valence-corrected chi connectivity index (χ0v) is 11.7. The predicted molar refractivity (Wildman–Crippen MR) is 75.7 cm³/mol. The van der Waals surface area contributed by atoms with E-state index in [0.29, 0.717) is 11.4 Å². The number of amides is 1. The number of thioether (sulfide) groups is 1. The molecule has 2 aliphatic heterocycles. The van der Waals surface area contributed by atoms with Crippen LogP contribution in [0.3, 0.4) is 0 Å². The van der Waals surface area contributed by atoms with Gasteiger partial charge in [0.1, 0.15) is 6.10 Å². The molecule has 0 radical (unpaired) electrons. The number of likely N-dealkylation sites (tertiary alicyclic amines) is 1. The van der Waals surface area contributed by atoms with Crippen molar-refractivity contribution in [3.05, 3.63) is 23.9 Å². The van der Waals surface area contributed by atoms with E-state index in [1.165, 1.54) is 0 Å². The summed E-state index contributed by atoms with van der Waals surface area (Å²) in [5.74, 6) is 2.92. The Hall–Kier alpha value is -1.23. The van der Waals surface area contributed by atoms with Gasteiger partial charge in [0, 0.05) is 31.1 Å². The highest BCUT2D eigenvalue weighted by Crippen LogP contribution is 2.22. The van der Waals surface area contributed by atoms with Crippen molar-refractivity contribution < 1.29 is 9.53 Å². The average molecular weight is 278 g/mol. The molecule has 2 saturated heterocycles. The Kier molecular flexibility index (Phi) is 3.92. The molecular formula is C14H18N2O2S. The largest absolute Gasteiger partial charge is 0.473 e. The zero-order valence-electron chi connectivity index (χ0n) is 10.9. The fraction of sp³-hybridized carbons (Fsp3) is 0.571. The molecule has 4 nitrogen and oxygen atoms in total. The minimum Gasteiger partial charge on any atom is -0.473 e. The number of pyridine rings is 1. The van der Waals surface area contributed by atoms with E-state index in [9.17, 15) is 4.79 Å². The van der Waals surface area contributed by atoms with Crippen LogP contribution in [0.5, 0.6) is 5.88 Å². The molecule has 0 bridgehead atoms. The molecule has 1 unspecified atom stereocenters. The summed E-state index contributed by atoms with van der Waals surface area (Å²) in [5.41, 5.74) is 0.662. The van der Waals surface area contributed by atoms with Crippen LogP contribution in [0.15, 0.2) is 18.3 Å². The third-order valence-electron chi connectivity index (χ3n) is 3.55. The SMILES string of the molecule is O=C(c1ccc(OC2CCSC2)nc1)N1CCCC1. The molecule has 2 aliphatic rings. The second kappa shape index (κ2) is 5.82. The first-order valence-corrected chi connectivity index (χ1v) is 7.98. The molecular weight excluding hydrogens is 260 g/mol. The van der Waals surface area contributed by atoms with Crippen molar-refractivity contribution in [3.8, 4) is 5.88 Å². The van der Waals surface area contributed by atoms with Crippen LogP contribution in [0.1, 0.15) is 29.6 Å². The molecule has 1 atom stereocenters. The number of ether oxygens (including phenoxy) is 1. The highest BCUT2D eigenvalue weighted by molar-refractivity contribution is 7.99. The Labute approximate surface area is 117 Å². The van der Waals surface area contributed by atoms with E-state index in [1.807, 2.05) is 28.8 Å². The highest BCUT2D eigenvalue weighted by Gasteiger charge is 2.20. The van der Waals surface area contributed by atoms with Crippen molar-refractivity contribution >= 4 is 17.7 Å². The maximum absolute atomic E-state index is 12.1. The molecule has 3 rings (SSSR count). The summed E-state index contributed by atoms with van der Waals surface area (Å²) in [6, 6.07) is 3.64. The zero-order chi connectivity index (χ0) is 13.1. The molecule has 1 aromatic heterocycles. The fourth-order valence-corrected chi connectivity index (χ4v) is 3.55. The van der Waals surface area contributed by atoms with Crippen molar-refractivity contribution in [2.75, 3.05) is 24.6 Å². The van der Waals surface area contributed by atoms with Gasteiger partial charge in [0.05, 0.1) is 5.56 Å². The van der Waals surface area contributed by atoms with Crippen LogP contribution in [0.2, 0.25) is 0 Å². The molecule has 0 aromatic carbocycles. The van der Waals surface area contributed by atoms with E-state index in [2.05, 4.69) is 4.98 Å². The van der Waals surface area contributed by atoms with E-state index in [1.54, 1.807) is 6.20 Å². The summed E-state index contributed by atoms with van der Waals surface area (Å²) in [7, 11) is 0. The number of hydrogen-bond donors (Lipinski definition) is 0. The predicted octanol–water partition coefficient (Wildman–Crippen LogP) is 2.20. The standard InChI is InChI=1S/C14H18N2O2S/c17-14(16-6-1-2-7-16)11-3-4-13(15-9-11)18-12-5-8-19-10-12/h3-4,9,12H,1-2,5-8,10H2. The quantitative estimate of drug-likeness (QED) is 0.850. The van der Waals surface area contributed by atoms with Gasteiger partial charge in [-0.25, -0.2) is 4.98 Å². The monoisotopic (exact) mass is 278 g/mol. The summed E-state index contributed by atoms with van der Waals surface area (Å²) in [4.78, 5) is 18.3. The average Bonchev–Trinajstić information content (AvgIpc) is 3.12. The molecule has 102 valence electrons. The van der Waals surface area contributed by atoms with Gasteiger partial charge in [-0.3, -0.25) is 4.79 Å². The Morgan fingerprint density at radius 2 is 2.21 bits per heavy atom. The Balaban J connectivity index is 1.62. The first kappa shape index (κ1) is 12.8. The van der Waals surface area contributed by atoms with Crippen LogP contribution in [-0.4, -0.2) is 46.5 Å². The maximum Gasteiger partial charge on any atom is 0.255 e. The molecule has 19 heavy (non-hydrogen) atoms. The minimum atomic E-state index is 0.0907. The Morgan fingerprint density at radius 1 is 1.37 bits per heavy atom. The van der Waals surface area contributed by atoms with E-state index in [4.69, 9.17) is 4.74 Å². The smallest absolute Gasteiger partial charge is 0.255 e. The van der Waals surface area contributed by atoms with Crippen LogP contribution < -0.4 is 4.74 Å². The van der Waals surface area contributed by atoms with E-state index >= 15 is 0 Å². The molecule has 5 heteroatoms. The topological polar surface area (TPSA) is 42.4 Å². The lowest BCUT2D eigenvalue weighted by Crippen LogP contribution is -2.27. The first-order valence-electron chi connectivity index (χ1n) is 6.83. The lowest BCUT2D eigenvalue weighted by molar-refractivity contribution is 0.0792. The van der Waals surface area contributed by atoms with E-state index in [-0.39, 0.29) is 12.0 Å². The summed E-state index contributed by atoms with van der Waals surface area (Å²) < 4.78 is 5.78. The van der Waals surface area contributed by atoms with Gasteiger partial charge in [0.2, 0.25) is 5.88 Å². The lowest BCUT2D eigenvalue weighted by Gasteiger charge is -2.15. The molecule has 0 aliphatic carbocycles. The van der Waals surface area contributed by atoms with Crippen molar-refractivity contribution in [2.24, 2.45) is 0 Å². The number of carbonyl (C=O) groups excluding carboxylic acids is 1. The second-order valence-corrected chi connectivity index (χ2v) is 6.14. The van der Waals surface area contributed by atoms with Crippen LogP contribution in [0.4, 0.5) is 0 Å². The molecule has 1 amide bonds. The summed E-state index contributed by atoms with van der Waals surface area (Å²) >= 11 is 1.91. The molecule has 0 saturated carbocycles. The van der Waals surface area contributed by atoms with Gasteiger partial charge in [-0.05, 0) is 31.1 Å². The third-order valence-corrected chi connectivity index (χ3v) is 4.68. The van der Waals surface area contributed by atoms with Crippen molar-refractivity contribution in [1.82, 2.24) is 9.88 Å². The van der Waals surface area contributed by atoms with Gasteiger partial charge in [-0.2, -0.15) is 11.8 Å². The second-order valence-electron chi connectivity index (χ2n) is 4.99. The fourth-order valence-electron chi connectivity index (χ4n) is 2.46. The number of rotatable bonds is 3. The van der Waals surface area contributed by atoms with Crippen LogP contribution in [0, 0.1) is 0 Å². The maximum atomic E-state index is 12.1. The van der Waals surface area contributed by atoms with Crippen LogP contribution in [0.25, 0.3) is 0 Å². The van der Waals surface area contributed by atoms with Crippen molar-refractivity contribution in [3.63, 3.8) is 0 Å². The summed E-state index contributed by atoms with van der Waals surface area (Å²) in [6.45, 7) is 1.74. The van der Waals surface area contributed by atoms with Crippen LogP contribution >= 0.6 is 11.8 Å². The van der Waals surface area contributed by atoms with Gasteiger partial charge in [0.15, 0.2) is 0 Å². The van der Waals surface area contributed by atoms with Crippen LogP contribution in [-0.2, 0) is 0 Å². The van der Waals surface area contributed by atoms with Gasteiger partial charge in [-0.15, -0.1) is 0 Å². The minimum absolute atomic E-state index is 0.0907. The molecule has 2 fully saturated rings. The highest BCUT2D eigenvalue weighted by atomic mass is 32.2. The Morgan fingerprint density at radius 3 is 2.84 bits per heavy atom. The van der Waals surface area contributed by atoms with Gasteiger partial charge in [0.25, 0.3) is 5.91 Å². The normalized spacial score (nSPS) is 22.7. The Bertz CT molecular complexity index is 437. The van der Waals surface area contributed by atoms with Crippen molar-refractivity contribution in [2.45, 2.75) is 25.4 Å². The third kappa shape index (κ3) is 3.03. The first-order chi connectivity index (χ1) is 9.33. The molecule has 0 spiro atoms. The molecule has 0 N–H and O–H groups in total. The number of hydrogen-bond acceptors (Lipinski definition) is 4. The van der Waals surface area contributed by atoms with Crippen molar-refractivity contribution in [1.29, 1.82) is 0 Å². The summed E-state index contributed by atoms with van der Waals surface area (Å²) in [5, 5.41) is 0. The summed E-state index contributed by atoms with van der Waals surface area (Å²) in [6.07, 6.45) is 5.22. The van der Waals surface area contributed by atoms with Gasteiger partial charge < -0.3 is 9.64 Å². The van der Waals surface area contributed by atoms with Gasteiger partial charge >= 0.3 is 0 Å². The number of nitrogens with zero attached hydrogens (tertiary/aromatic N) is 2. The number of carbonyl (C=O) groups is 1. The lowest BCUT2D eigenvalue weighted by atomic mass is 10.2. The van der Waals surface area contributed by atoms with E-state index < -0.39 is 0 Å². The van der Waals surface area contributed by atoms with E-state index in [0.717, 1.165) is 43.9 Å². The van der Waals surface area contributed by atoms with Gasteiger partial charge in [-0.1, -0.05) is 0 Å². The molecule has 3 heterocycles.